The van der Waals surface area contributed by atoms with E-state index in [0.717, 1.165) is 44.9 Å². The highest BCUT2D eigenvalue weighted by Gasteiger charge is 2.30. The van der Waals surface area contributed by atoms with Crippen LogP contribution in [0, 0.1) is 0 Å². The Labute approximate surface area is 121 Å². The molecule has 2 saturated heterocycles. The van der Waals surface area contributed by atoms with E-state index in [4.69, 9.17) is 9.47 Å². The summed E-state index contributed by atoms with van der Waals surface area (Å²) in [5, 5.41) is 9.91. The second kappa shape index (κ2) is 7.99. The van der Waals surface area contributed by atoms with Crippen molar-refractivity contribution in [2.75, 3.05) is 0 Å². The van der Waals surface area contributed by atoms with Gasteiger partial charge in [0.1, 0.15) is 6.10 Å². The van der Waals surface area contributed by atoms with Gasteiger partial charge in [0, 0.05) is 6.42 Å². The van der Waals surface area contributed by atoms with Gasteiger partial charge in [0.2, 0.25) is 0 Å². The van der Waals surface area contributed by atoms with E-state index in [-0.39, 0.29) is 36.8 Å². The lowest BCUT2D eigenvalue weighted by Gasteiger charge is -2.33. The summed E-state index contributed by atoms with van der Waals surface area (Å²) in [6.07, 6.45) is 8.60. The molecule has 2 bridgehead atoms. The molecular formula is C16H28O4. The largest absolute Gasteiger partial charge is 0.462 e. The molecule has 20 heavy (non-hydrogen) atoms. The molecule has 0 radical (unpaired) electrons. The second-order valence-electron chi connectivity index (χ2n) is 6.25. The van der Waals surface area contributed by atoms with E-state index in [1.165, 1.54) is 0 Å². The Morgan fingerprint density at radius 3 is 2.70 bits per heavy atom. The highest BCUT2D eigenvalue weighted by molar-refractivity contribution is 5.70. The van der Waals surface area contributed by atoms with Crippen molar-refractivity contribution >= 4 is 5.97 Å². The summed E-state index contributed by atoms with van der Waals surface area (Å²) in [7, 11) is 0. The average Bonchev–Trinajstić information content (AvgIpc) is 2.36. The van der Waals surface area contributed by atoms with Gasteiger partial charge in [-0.15, -0.1) is 0 Å². The van der Waals surface area contributed by atoms with Gasteiger partial charge in [-0.25, -0.2) is 0 Å². The molecule has 0 aromatic rings. The van der Waals surface area contributed by atoms with Crippen LogP contribution in [0.5, 0.6) is 0 Å². The average molecular weight is 284 g/mol. The molecule has 2 aliphatic rings. The predicted molar refractivity (Wildman–Crippen MR) is 76.4 cm³/mol. The summed E-state index contributed by atoms with van der Waals surface area (Å²) in [5.74, 6) is -0.165. The molecule has 4 atom stereocenters. The zero-order chi connectivity index (χ0) is 14.4. The van der Waals surface area contributed by atoms with Crippen LogP contribution in [0.3, 0.4) is 0 Å². The van der Waals surface area contributed by atoms with Gasteiger partial charge in [-0.3, -0.25) is 4.79 Å². The van der Waals surface area contributed by atoms with Crippen LogP contribution in [0.4, 0.5) is 0 Å². The van der Waals surface area contributed by atoms with Gasteiger partial charge in [-0.1, -0.05) is 26.2 Å². The number of cyclic esters (lactones) is 1. The molecule has 2 fully saturated rings. The lowest BCUT2D eigenvalue weighted by molar-refractivity contribution is -0.159. The van der Waals surface area contributed by atoms with Crippen molar-refractivity contribution in [3.05, 3.63) is 0 Å². The van der Waals surface area contributed by atoms with E-state index in [1.54, 1.807) is 0 Å². The van der Waals surface area contributed by atoms with Crippen molar-refractivity contribution in [2.24, 2.45) is 0 Å². The molecule has 0 saturated carbocycles. The molecule has 0 aromatic carbocycles. The minimum Gasteiger partial charge on any atom is -0.462 e. The van der Waals surface area contributed by atoms with Gasteiger partial charge >= 0.3 is 5.97 Å². The standard InChI is InChI=1S/C16H28O4/c1-2-6-13-7-4-3-5-8-14-9-12(17)10-15(19-14)11-16(18)20-13/h12-15,17H,2-11H2,1H3/t12-,13-,14+,15+/m0/s1. The van der Waals surface area contributed by atoms with Crippen molar-refractivity contribution in [3.8, 4) is 0 Å². The van der Waals surface area contributed by atoms with Gasteiger partial charge in [0.15, 0.2) is 0 Å². The quantitative estimate of drug-likeness (QED) is 0.792. The Morgan fingerprint density at radius 1 is 1.15 bits per heavy atom. The number of aliphatic hydroxyl groups excluding tert-OH is 1. The number of esters is 1. The Hall–Kier alpha value is -0.610. The first kappa shape index (κ1) is 15.8. The Kier molecular flexibility index (Phi) is 6.30. The van der Waals surface area contributed by atoms with Crippen molar-refractivity contribution in [1.82, 2.24) is 0 Å². The Bertz CT molecular complexity index is 305. The van der Waals surface area contributed by atoms with E-state index >= 15 is 0 Å². The lowest BCUT2D eigenvalue weighted by Crippen LogP contribution is -2.37. The van der Waals surface area contributed by atoms with Gasteiger partial charge < -0.3 is 14.6 Å². The maximum atomic E-state index is 12.0. The fraction of sp³-hybridized carbons (Fsp3) is 0.938. The van der Waals surface area contributed by atoms with Crippen LogP contribution in [0.2, 0.25) is 0 Å². The minimum absolute atomic E-state index is 0.0660. The Balaban J connectivity index is 1.94. The molecule has 0 unspecified atom stereocenters. The minimum atomic E-state index is -0.332. The zero-order valence-corrected chi connectivity index (χ0v) is 12.6. The molecular weight excluding hydrogens is 256 g/mol. The van der Waals surface area contributed by atoms with E-state index in [9.17, 15) is 9.90 Å². The first-order valence-electron chi connectivity index (χ1n) is 8.20. The fourth-order valence-corrected chi connectivity index (χ4v) is 3.33. The molecule has 116 valence electrons. The molecule has 0 amide bonds. The zero-order valence-electron chi connectivity index (χ0n) is 12.6. The van der Waals surface area contributed by atoms with Crippen molar-refractivity contribution in [3.63, 3.8) is 0 Å². The summed E-state index contributed by atoms with van der Waals surface area (Å²) < 4.78 is 11.5. The van der Waals surface area contributed by atoms with E-state index in [0.29, 0.717) is 12.8 Å². The van der Waals surface area contributed by atoms with Gasteiger partial charge in [-0.05, 0) is 32.1 Å². The molecule has 0 aliphatic carbocycles. The maximum absolute atomic E-state index is 12.0. The third kappa shape index (κ3) is 5.06. The van der Waals surface area contributed by atoms with Crippen LogP contribution in [0.25, 0.3) is 0 Å². The summed E-state index contributed by atoms with van der Waals surface area (Å²) in [5.41, 5.74) is 0. The molecule has 2 aliphatic heterocycles. The molecule has 4 nitrogen and oxygen atoms in total. The number of hydrogen-bond donors (Lipinski definition) is 1. The smallest absolute Gasteiger partial charge is 0.308 e. The second-order valence-corrected chi connectivity index (χ2v) is 6.25. The van der Waals surface area contributed by atoms with Crippen LogP contribution in [-0.2, 0) is 14.3 Å². The molecule has 2 rings (SSSR count). The predicted octanol–water partition coefficient (Wildman–Crippen LogP) is 2.96. The monoisotopic (exact) mass is 284 g/mol. The van der Waals surface area contributed by atoms with Crippen LogP contribution < -0.4 is 0 Å². The number of ether oxygens (including phenoxy) is 2. The molecule has 4 heteroatoms. The number of aliphatic hydroxyl groups is 1. The van der Waals surface area contributed by atoms with Crippen LogP contribution >= 0.6 is 0 Å². The SMILES string of the molecule is CCC[C@H]1CCCCC[C@@H]2C[C@H](O)C[C@H](CC(=O)O1)O2. The summed E-state index contributed by atoms with van der Waals surface area (Å²) in [4.78, 5) is 12.0. The number of fused-ring (bicyclic) bond motifs is 2. The fourth-order valence-electron chi connectivity index (χ4n) is 3.33. The van der Waals surface area contributed by atoms with Crippen LogP contribution in [-0.4, -0.2) is 35.5 Å². The van der Waals surface area contributed by atoms with Crippen molar-refractivity contribution in [2.45, 2.75) is 95.5 Å². The van der Waals surface area contributed by atoms with Gasteiger partial charge in [0.25, 0.3) is 0 Å². The number of carbonyl (C=O) groups is 1. The normalized spacial score (nSPS) is 36.6. The highest BCUT2D eigenvalue weighted by atomic mass is 16.5. The molecule has 0 aromatic heterocycles. The molecule has 0 spiro atoms. The van der Waals surface area contributed by atoms with Crippen LogP contribution in [0.15, 0.2) is 0 Å². The van der Waals surface area contributed by atoms with Crippen molar-refractivity contribution < 1.29 is 19.4 Å². The Morgan fingerprint density at radius 2 is 1.90 bits per heavy atom. The topological polar surface area (TPSA) is 55.8 Å². The first-order chi connectivity index (χ1) is 9.67. The van der Waals surface area contributed by atoms with E-state index in [1.807, 2.05) is 0 Å². The summed E-state index contributed by atoms with van der Waals surface area (Å²) >= 11 is 0. The summed E-state index contributed by atoms with van der Waals surface area (Å²) in [6.45, 7) is 2.12. The lowest BCUT2D eigenvalue weighted by atomic mass is 9.95. The number of rotatable bonds is 2. The molecule has 1 N–H and O–H groups in total. The maximum Gasteiger partial charge on any atom is 0.308 e. The van der Waals surface area contributed by atoms with Crippen LogP contribution in [0.1, 0.15) is 71.1 Å². The highest BCUT2D eigenvalue weighted by Crippen LogP contribution is 2.27. The third-order valence-electron chi connectivity index (χ3n) is 4.31. The molecule has 2 heterocycles. The van der Waals surface area contributed by atoms with Gasteiger partial charge in [-0.2, -0.15) is 0 Å². The van der Waals surface area contributed by atoms with E-state index < -0.39 is 0 Å². The number of hydrogen-bond acceptors (Lipinski definition) is 4. The van der Waals surface area contributed by atoms with Gasteiger partial charge in [0.05, 0.1) is 24.7 Å². The van der Waals surface area contributed by atoms with Crippen molar-refractivity contribution in [1.29, 1.82) is 0 Å². The first-order valence-corrected chi connectivity index (χ1v) is 8.20. The number of carbonyl (C=O) groups excluding carboxylic acids is 1. The van der Waals surface area contributed by atoms with E-state index in [2.05, 4.69) is 6.92 Å². The summed E-state index contributed by atoms with van der Waals surface area (Å²) in [6, 6.07) is 0. The third-order valence-corrected chi connectivity index (χ3v) is 4.31.